The van der Waals surface area contributed by atoms with Crippen molar-refractivity contribution >= 4 is 17.2 Å². The van der Waals surface area contributed by atoms with Crippen LogP contribution < -0.4 is 5.43 Å². The van der Waals surface area contributed by atoms with Gasteiger partial charge in [0.05, 0.1) is 6.61 Å². The third-order valence-electron chi connectivity index (χ3n) is 3.03. The van der Waals surface area contributed by atoms with E-state index in [1.54, 1.807) is 31.5 Å². The molecule has 0 radical (unpaired) electrons. The minimum atomic E-state index is -0.345. The maximum absolute atomic E-state index is 12.9. The Morgan fingerprint density at radius 1 is 1.48 bits per heavy atom. The molecule has 0 fully saturated rings. The number of nitrogens with one attached hydrogen (secondary N) is 1. The maximum Gasteiger partial charge on any atom is 0.285 e. The number of carbonyl (C=O) groups is 1. The highest BCUT2D eigenvalue weighted by Crippen LogP contribution is 2.23. The van der Waals surface area contributed by atoms with E-state index in [4.69, 9.17) is 5.11 Å². The van der Waals surface area contributed by atoms with Gasteiger partial charge in [-0.1, -0.05) is 0 Å². The number of aliphatic hydroxyl groups is 1. The Bertz CT molecular complexity index is 615. The molecule has 1 atom stereocenters. The minimum Gasteiger partial charge on any atom is -0.395 e. The molecule has 0 aliphatic carbocycles. The number of carbonyl (C=O) groups excluding carboxylic acids is 1. The van der Waals surface area contributed by atoms with Crippen LogP contribution in [0.4, 0.5) is 4.39 Å². The molecule has 1 amide bonds. The van der Waals surface area contributed by atoms with Crippen LogP contribution in [0.3, 0.4) is 0 Å². The van der Waals surface area contributed by atoms with E-state index >= 15 is 0 Å². The van der Waals surface area contributed by atoms with Crippen molar-refractivity contribution in [2.45, 2.75) is 13.0 Å². The number of nitrogens with zero attached hydrogens (tertiary/aromatic N) is 2. The van der Waals surface area contributed by atoms with E-state index in [0.29, 0.717) is 5.01 Å². The average molecular weight is 309 g/mol. The van der Waals surface area contributed by atoms with Crippen LogP contribution in [-0.2, 0) is 0 Å². The van der Waals surface area contributed by atoms with E-state index in [-0.39, 0.29) is 30.1 Å². The second-order valence-corrected chi connectivity index (χ2v) is 5.49. The van der Waals surface area contributed by atoms with Gasteiger partial charge in [0, 0.05) is 24.0 Å². The molecule has 0 aliphatic heterocycles. The summed E-state index contributed by atoms with van der Waals surface area (Å²) in [6.45, 7) is 1.72. The van der Waals surface area contributed by atoms with Gasteiger partial charge in [0.1, 0.15) is 16.5 Å². The number of hydrazine groups is 1. The molecule has 21 heavy (non-hydrogen) atoms. The normalized spacial score (nSPS) is 12.4. The molecule has 0 aliphatic rings. The first-order valence-electron chi connectivity index (χ1n) is 6.37. The van der Waals surface area contributed by atoms with Crippen molar-refractivity contribution in [2.24, 2.45) is 0 Å². The van der Waals surface area contributed by atoms with Gasteiger partial charge in [-0.2, -0.15) is 0 Å². The lowest BCUT2D eigenvalue weighted by Gasteiger charge is -2.22. The summed E-state index contributed by atoms with van der Waals surface area (Å²) >= 11 is 1.32. The number of hydrogen-bond acceptors (Lipinski definition) is 5. The molecular weight excluding hydrogens is 293 g/mol. The Morgan fingerprint density at radius 3 is 2.76 bits per heavy atom. The van der Waals surface area contributed by atoms with Gasteiger partial charge < -0.3 is 5.11 Å². The van der Waals surface area contributed by atoms with Crippen molar-refractivity contribution < 1.29 is 14.3 Å². The van der Waals surface area contributed by atoms with Gasteiger partial charge in [0.25, 0.3) is 5.91 Å². The summed E-state index contributed by atoms with van der Waals surface area (Å²) in [4.78, 5) is 16.3. The second-order valence-electron chi connectivity index (χ2n) is 4.63. The molecule has 0 saturated carbocycles. The first-order valence-corrected chi connectivity index (χ1v) is 7.25. The monoisotopic (exact) mass is 309 g/mol. The predicted octanol–water partition coefficient (Wildman–Crippen LogP) is 1.91. The number of amides is 1. The zero-order chi connectivity index (χ0) is 15.4. The number of rotatable bonds is 5. The smallest absolute Gasteiger partial charge is 0.285 e. The molecule has 0 spiro atoms. The molecule has 1 heterocycles. The molecule has 1 aromatic heterocycles. The van der Waals surface area contributed by atoms with Crippen molar-refractivity contribution in [3.63, 3.8) is 0 Å². The summed E-state index contributed by atoms with van der Waals surface area (Å²) in [7, 11) is 1.67. The van der Waals surface area contributed by atoms with Crippen molar-refractivity contribution in [1.29, 1.82) is 0 Å². The summed E-state index contributed by atoms with van der Waals surface area (Å²) < 4.78 is 12.9. The molecule has 2 aromatic rings. The van der Waals surface area contributed by atoms with Crippen molar-refractivity contribution in [3.05, 3.63) is 41.2 Å². The van der Waals surface area contributed by atoms with Gasteiger partial charge in [-0.05, 0) is 31.2 Å². The quantitative estimate of drug-likeness (QED) is 0.828. The average Bonchev–Trinajstić information content (AvgIpc) is 2.97. The van der Waals surface area contributed by atoms with Crippen LogP contribution in [0.2, 0.25) is 0 Å². The number of benzene rings is 1. The Hall–Kier alpha value is -1.83. The molecule has 112 valence electrons. The number of likely N-dealkylation sites (N-methyl/N-ethyl adjacent to an activating group) is 1. The lowest BCUT2D eigenvalue weighted by atomic mass is 10.2. The van der Waals surface area contributed by atoms with E-state index in [1.807, 2.05) is 0 Å². The Kier molecular flexibility index (Phi) is 5.00. The first-order chi connectivity index (χ1) is 10.0. The Morgan fingerprint density at radius 2 is 2.14 bits per heavy atom. The molecule has 5 nitrogen and oxygen atoms in total. The molecule has 7 heteroatoms. The van der Waals surface area contributed by atoms with E-state index in [9.17, 15) is 9.18 Å². The third-order valence-corrected chi connectivity index (χ3v) is 3.92. The van der Waals surface area contributed by atoms with Crippen LogP contribution in [-0.4, -0.2) is 40.7 Å². The number of halogens is 1. The molecular formula is C14H16FN3O2S. The van der Waals surface area contributed by atoms with Crippen LogP contribution in [0.5, 0.6) is 0 Å². The number of hydrogen-bond donors (Lipinski definition) is 2. The van der Waals surface area contributed by atoms with E-state index < -0.39 is 0 Å². The van der Waals surface area contributed by atoms with Gasteiger partial charge in [0.15, 0.2) is 0 Å². The second kappa shape index (κ2) is 6.75. The van der Waals surface area contributed by atoms with Gasteiger partial charge in [0.2, 0.25) is 0 Å². The standard InChI is InChI=1S/C14H16FN3O2S/c1-9(7-19)18(2)17-13(20)12-8-21-14(16-12)10-3-5-11(15)6-4-10/h3-6,8-9,19H,7H2,1-2H3,(H,17,20). The Labute approximate surface area is 126 Å². The number of aromatic nitrogens is 1. The van der Waals surface area contributed by atoms with Crippen LogP contribution in [0.25, 0.3) is 10.6 Å². The molecule has 1 aromatic carbocycles. The van der Waals surface area contributed by atoms with Gasteiger partial charge >= 0.3 is 0 Å². The first kappa shape index (κ1) is 15.6. The van der Waals surface area contributed by atoms with E-state index in [2.05, 4.69) is 10.4 Å². The Balaban J connectivity index is 2.09. The van der Waals surface area contributed by atoms with Crippen molar-refractivity contribution in [1.82, 2.24) is 15.4 Å². The fourth-order valence-electron chi connectivity index (χ4n) is 1.55. The summed E-state index contributed by atoms with van der Waals surface area (Å²) in [6.07, 6.45) is 0. The lowest BCUT2D eigenvalue weighted by Crippen LogP contribution is -2.46. The fourth-order valence-corrected chi connectivity index (χ4v) is 2.36. The van der Waals surface area contributed by atoms with Crippen LogP contribution in [0.15, 0.2) is 29.6 Å². The van der Waals surface area contributed by atoms with Crippen LogP contribution in [0.1, 0.15) is 17.4 Å². The van der Waals surface area contributed by atoms with Crippen LogP contribution >= 0.6 is 11.3 Å². The maximum atomic E-state index is 12.9. The highest BCUT2D eigenvalue weighted by molar-refractivity contribution is 7.13. The molecule has 2 N–H and O–H groups in total. The molecule has 0 bridgehead atoms. The summed E-state index contributed by atoms with van der Waals surface area (Å²) in [5, 5.41) is 12.8. The van der Waals surface area contributed by atoms with Crippen molar-refractivity contribution in [2.75, 3.05) is 13.7 Å². The van der Waals surface area contributed by atoms with Crippen LogP contribution in [0, 0.1) is 5.82 Å². The topological polar surface area (TPSA) is 65.5 Å². The third kappa shape index (κ3) is 3.84. The predicted molar refractivity (Wildman–Crippen MR) is 79.3 cm³/mol. The number of thiazole rings is 1. The molecule has 0 saturated heterocycles. The van der Waals surface area contributed by atoms with Gasteiger partial charge in [-0.25, -0.2) is 14.4 Å². The summed E-state index contributed by atoms with van der Waals surface area (Å²) in [5.74, 6) is -0.657. The molecule has 2 rings (SSSR count). The zero-order valence-corrected chi connectivity index (χ0v) is 12.5. The zero-order valence-electron chi connectivity index (χ0n) is 11.7. The SMILES string of the molecule is CC(CO)N(C)NC(=O)c1csc(-c2ccc(F)cc2)n1. The highest BCUT2D eigenvalue weighted by Gasteiger charge is 2.15. The van der Waals surface area contributed by atoms with Gasteiger partial charge in [-0.3, -0.25) is 10.2 Å². The summed E-state index contributed by atoms with van der Waals surface area (Å²) in [6, 6.07) is 5.76. The minimum absolute atomic E-state index is 0.0608. The fraction of sp³-hybridized carbons (Fsp3) is 0.286. The lowest BCUT2D eigenvalue weighted by molar-refractivity contribution is 0.0690. The van der Waals surface area contributed by atoms with Gasteiger partial charge in [-0.15, -0.1) is 11.3 Å². The number of aliphatic hydroxyl groups excluding tert-OH is 1. The van der Waals surface area contributed by atoms with E-state index in [0.717, 1.165) is 5.56 Å². The van der Waals surface area contributed by atoms with E-state index in [1.165, 1.54) is 28.5 Å². The largest absolute Gasteiger partial charge is 0.395 e. The highest BCUT2D eigenvalue weighted by atomic mass is 32.1. The molecule has 1 unspecified atom stereocenters. The van der Waals surface area contributed by atoms with Crippen molar-refractivity contribution in [3.8, 4) is 10.6 Å². The summed E-state index contributed by atoms with van der Waals surface area (Å²) in [5.41, 5.74) is 3.69.